The first-order chi connectivity index (χ1) is 11.6. The normalized spacial score (nSPS) is 17.8. The number of Topliss-reactive ketones (excluding diaryl/α,β-unsaturated/α-hetero) is 1. The van der Waals surface area contributed by atoms with Gasteiger partial charge in [-0.3, -0.25) is 9.59 Å². The summed E-state index contributed by atoms with van der Waals surface area (Å²) in [5, 5.41) is 3.22. The predicted molar refractivity (Wildman–Crippen MR) is 95.1 cm³/mol. The van der Waals surface area contributed by atoms with Crippen molar-refractivity contribution < 1.29 is 14.0 Å². The van der Waals surface area contributed by atoms with Gasteiger partial charge in [0.2, 0.25) is 0 Å². The average Bonchev–Trinajstić information content (AvgIpc) is 3.18. The molecular weight excluding hydrogens is 324 g/mol. The van der Waals surface area contributed by atoms with Crippen LogP contribution in [0.3, 0.4) is 0 Å². The van der Waals surface area contributed by atoms with Crippen LogP contribution in [0.5, 0.6) is 0 Å². The van der Waals surface area contributed by atoms with Gasteiger partial charge >= 0.3 is 0 Å². The average molecular weight is 338 g/mol. The SMILES string of the molecule is CC(=O)c1ccc(N=C2NC(=O)C(=CC=Cc3ccco3)S2)cc1. The molecule has 0 unspecified atom stereocenters. The second-order valence-electron chi connectivity index (χ2n) is 4.98. The first-order valence-corrected chi connectivity index (χ1v) is 8.04. The Kier molecular flexibility index (Phi) is 4.77. The zero-order valence-corrected chi connectivity index (χ0v) is 13.7. The van der Waals surface area contributed by atoms with Crippen molar-refractivity contribution in [2.75, 3.05) is 0 Å². The molecule has 1 aromatic carbocycles. The predicted octanol–water partition coefficient (Wildman–Crippen LogP) is 3.93. The lowest BCUT2D eigenvalue weighted by atomic mass is 10.1. The lowest BCUT2D eigenvalue weighted by Crippen LogP contribution is -2.19. The molecule has 1 aliphatic heterocycles. The number of nitrogens with zero attached hydrogens (tertiary/aromatic N) is 1. The van der Waals surface area contributed by atoms with Gasteiger partial charge in [0, 0.05) is 5.56 Å². The third-order valence-corrected chi connectivity index (χ3v) is 4.13. The molecule has 24 heavy (non-hydrogen) atoms. The molecule has 0 atom stereocenters. The number of nitrogens with one attached hydrogen (secondary N) is 1. The Hall–Kier alpha value is -2.86. The van der Waals surface area contributed by atoms with Crippen molar-refractivity contribution in [1.82, 2.24) is 5.32 Å². The summed E-state index contributed by atoms with van der Waals surface area (Å²) in [5.74, 6) is 0.532. The first kappa shape index (κ1) is 16.0. The van der Waals surface area contributed by atoms with Crippen molar-refractivity contribution in [3.63, 3.8) is 0 Å². The molecule has 0 aliphatic carbocycles. The molecule has 2 aromatic rings. The summed E-state index contributed by atoms with van der Waals surface area (Å²) in [7, 11) is 0. The van der Waals surface area contributed by atoms with Crippen LogP contribution in [0.4, 0.5) is 5.69 Å². The van der Waals surface area contributed by atoms with Crippen molar-refractivity contribution in [2.45, 2.75) is 6.92 Å². The number of thioether (sulfide) groups is 1. The van der Waals surface area contributed by atoms with E-state index in [2.05, 4.69) is 10.3 Å². The summed E-state index contributed by atoms with van der Waals surface area (Å²) in [4.78, 5) is 28.1. The monoisotopic (exact) mass is 338 g/mol. The zero-order valence-electron chi connectivity index (χ0n) is 12.9. The van der Waals surface area contributed by atoms with E-state index in [-0.39, 0.29) is 11.7 Å². The molecule has 5 nitrogen and oxygen atoms in total. The smallest absolute Gasteiger partial charge is 0.264 e. The number of rotatable bonds is 4. The molecule has 2 heterocycles. The molecule has 1 amide bonds. The standard InChI is InChI=1S/C18H14N2O3S/c1-12(21)13-7-9-14(10-8-13)19-18-20-17(22)16(24-18)6-2-4-15-5-3-11-23-15/h2-11H,1H3,(H,19,20,22). The van der Waals surface area contributed by atoms with Crippen LogP contribution >= 0.6 is 11.8 Å². The van der Waals surface area contributed by atoms with Crippen LogP contribution in [0.25, 0.3) is 6.08 Å². The van der Waals surface area contributed by atoms with Gasteiger partial charge in [-0.15, -0.1) is 0 Å². The van der Waals surface area contributed by atoms with Gasteiger partial charge in [0.15, 0.2) is 11.0 Å². The Morgan fingerprint density at radius 2 is 2.04 bits per heavy atom. The number of carbonyl (C=O) groups excluding carboxylic acids is 2. The molecule has 6 heteroatoms. The molecule has 1 aromatic heterocycles. The fourth-order valence-electron chi connectivity index (χ4n) is 2.00. The highest BCUT2D eigenvalue weighted by Crippen LogP contribution is 2.26. The summed E-state index contributed by atoms with van der Waals surface area (Å²) in [6.45, 7) is 1.52. The third kappa shape index (κ3) is 3.91. The Morgan fingerprint density at radius 3 is 2.71 bits per heavy atom. The summed E-state index contributed by atoms with van der Waals surface area (Å²) < 4.78 is 5.18. The number of carbonyl (C=O) groups is 2. The van der Waals surface area contributed by atoms with Gasteiger partial charge < -0.3 is 9.73 Å². The van der Waals surface area contributed by atoms with Gasteiger partial charge in [-0.05, 0) is 67.2 Å². The van der Waals surface area contributed by atoms with E-state index in [9.17, 15) is 9.59 Å². The molecule has 1 fully saturated rings. The largest absolute Gasteiger partial charge is 0.465 e. The van der Waals surface area contributed by atoms with E-state index in [1.807, 2.05) is 6.07 Å². The summed E-state index contributed by atoms with van der Waals surface area (Å²) in [6, 6.07) is 10.5. The van der Waals surface area contributed by atoms with Gasteiger partial charge in [-0.2, -0.15) is 0 Å². The van der Waals surface area contributed by atoms with E-state index in [4.69, 9.17) is 4.42 Å². The Balaban J connectivity index is 1.70. The van der Waals surface area contributed by atoms with Gasteiger partial charge in [0.25, 0.3) is 5.91 Å². The summed E-state index contributed by atoms with van der Waals surface area (Å²) >= 11 is 1.26. The van der Waals surface area contributed by atoms with E-state index in [1.165, 1.54) is 18.7 Å². The van der Waals surface area contributed by atoms with E-state index < -0.39 is 0 Å². The van der Waals surface area contributed by atoms with Crippen LogP contribution in [0.15, 0.2) is 69.1 Å². The summed E-state index contributed by atoms with van der Waals surface area (Å²) in [6.07, 6.45) is 6.83. The number of allylic oxidation sites excluding steroid dienone is 2. The zero-order chi connectivity index (χ0) is 16.9. The molecule has 1 saturated heterocycles. The van der Waals surface area contributed by atoms with Crippen LogP contribution in [-0.2, 0) is 4.79 Å². The first-order valence-electron chi connectivity index (χ1n) is 7.22. The number of hydrogen-bond donors (Lipinski definition) is 1. The minimum atomic E-state index is -0.191. The van der Waals surface area contributed by atoms with Gasteiger partial charge in [-0.1, -0.05) is 6.08 Å². The molecule has 1 aliphatic rings. The maximum atomic E-state index is 11.9. The Morgan fingerprint density at radius 1 is 1.25 bits per heavy atom. The van der Waals surface area contributed by atoms with Gasteiger partial charge in [0.05, 0.1) is 16.9 Å². The number of benzene rings is 1. The molecular formula is C18H14N2O3S. The molecule has 0 bridgehead atoms. The minimum absolute atomic E-state index is 0.00584. The van der Waals surface area contributed by atoms with Crippen LogP contribution in [0.2, 0.25) is 0 Å². The molecule has 0 spiro atoms. The fraction of sp³-hybridized carbons (Fsp3) is 0.0556. The van der Waals surface area contributed by atoms with Gasteiger partial charge in [0.1, 0.15) is 5.76 Å². The Bertz CT molecular complexity index is 847. The van der Waals surface area contributed by atoms with Crippen LogP contribution < -0.4 is 5.32 Å². The van der Waals surface area contributed by atoms with E-state index >= 15 is 0 Å². The lowest BCUT2D eigenvalue weighted by Gasteiger charge is -1.98. The maximum absolute atomic E-state index is 11.9. The van der Waals surface area contributed by atoms with Crippen molar-refractivity contribution in [2.24, 2.45) is 4.99 Å². The molecule has 0 radical (unpaired) electrons. The fourth-order valence-corrected chi connectivity index (χ4v) is 2.79. The van der Waals surface area contributed by atoms with Crippen molar-refractivity contribution in [1.29, 1.82) is 0 Å². The highest BCUT2D eigenvalue weighted by atomic mass is 32.2. The number of furan rings is 1. The van der Waals surface area contributed by atoms with E-state index in [0.717, 1.165) is 5.76 Å². The Labute approximate surface area is 143 Å². The van der Waals surface area contributed by atoms with Crippen molar-refractivity contribution in [3.05, 3.63) is 71.0 Å². The number of amidine groups is 1. The van der Waals surface area contributed by atoms with Crippen molar-refractivity contribution >= 4 is 40.4 Å². The molecule has 1 N–H and O–H groups in total. The second kappa shape index (κ2) is 7.14. The summed E-state index contributed by atoms with van der Waals surface area (Å²) in [5.41, 5.74) is 1.31. The van der Waals surface area contributed by atoms with Crippen LogP contribution in [-0.4, -0.2) is 16.9 Å². The maximum Gasteiger partial charge on any atom is 0.264 e. The molecule has 120 valence electrons. The number of hydrogen-bond acceptors (Lipinski definition) is 5. The van der Waals surface area contributed by atoms with Gasteiger partial charge in [-0.25, -0.2) is 4.99 Å². The minimum Gasteiger partial charge on any atom is -0.465 e. The highest BCUT2D eigenvalue weighted by molar-refractivity contribution is 8.18. The molecule has 0 saturated carbocycles. The number of aliphatic imine (C=N–C) groups is 1. The quantitative estimate of drug-likeness (QED) is 0.677. The van der Waals surface area contributed by atoms with E-state index in [0.29, 0.717) is 21.3 Å². The third-order valence-electron chi connectivity index (χ3n) is 3.21. The highest BCUT2D eigenvalue weighted by Gasteiger charge is 2.23. The number of amides is 1. The van der Waals surface area contributed by atoms with E-state index in [1.54, 1.807) is 54.8 Å². The molecule has 3 rings (SSSR count). The van der Waals surface area contributed by atoms with Crippen LogP contribution in [0.1, 0.15) is 23.0 Å². The topological polar surface area (TPSA) is 71.7 Å². The lowest BCUT2D eigenvalue weighted by molar-refractivity contribution is -0.115. The number of ketones is 1. The van der Waals surface area contributed by atoms with Crippen molar-refractivity contribution in [3.8, 4) is 0 Å². The van der Waals surface area contributed by atoms with Crippen LogP contribution in [0, 0.1) is 0 Å². The second-order valence-corrected chi connectivity index (χ2v) is 6.01.